The first-order valence-electron chi connectivity index (χ1n) is 7.47. The van der Waals surface area contributed by atoms with Crippen molar-refractivity contribution >= 4 is 34.8 Å². The molecule has 3 aromatic rings. The number of aryl methyl sites for hydroxylation is 1. The van der Waals surface area contributed by atoms with Gasteiger partial charge in [-0.2, -0.15) is 0 Å². The number of halogens is 2. The zero-order chi connectivity index (χ0) is 16.7. The summed E-state index contributed by atoms with van der Waals surface area (Å²) in [4.78, 5) is 12.6. The van der Waals surface area contributed by atoms with Gasteiger partial charge in [0.15, 0.2) is 11.5 Å². The summed E-state index contributed by atoms with van der Waals surface area (Å²) >= 11 is 12.2. The van der Waals surface area contributed by atoms with E-state index in [0.717, 1.165) is 17.5 Å². The predicted molar refractivity (Wildman–Crippen MR) is 93.8 cm³/mol. The Kier molecular flexibility index (Phi) is 3.79. The molecule has 0 aliphatic heterocycles. The van der Waals surface area contributed by atoms with Crippen LogP contribution in [0.1, 0.15) is 21.6 Å². The standard InChI is InChI=1S/C18H12Cl2N2O2/c19-13-6-3-7-14(20)16(13)21-18(23)15-12-9-8-10-4-1-2-5-11(10)17(12)24-22-15/h1-7H,8-9H2,(H,21,23). The lowest BCUT2D eigenvalue weighted by Crippen LogP contribution is -2.16. The van der Waals surface area contributed by atoms with E-state index in [1.54, 1.807) is 18.2 Å². The third kappa shape index (κ3) is 2.48. The summed E-state index contributed by atoms with van der Waals surface area (Å²) < 4.78 is 5.46. The van der Waals surface area contributed by atoms with Crippen LogP contribution >= 0.6 is 23.2 Å². The van der Waals surface area contributed by atoms with Crippen molar-refractivity contribution in [2.24, 2.45) is 0 Å². The summed E-state index contributed by atoms with van der Waals surface area (Å²) in [5, 5.41) is 7.46. The highest BCUT2D eigenvalue weighted by Gasteiger charge is 2.27. The van der Waals surface area contributed by atoms with Gasteiger partial charge in [0, 0.05) is 11.1 Å². The minimum absolute atomic E-state index is 0.274. The molecule has 0 saturated heterocycles. The highest BCUT2D eigenvalue weighted by atomic mass is 35.5. The number of nitrogens with zero attached hydrogens (tertiary/aromatic N) is 1. The number of carbonyl (C=O) groups excluding carboxylic acids is 1. The third-order valence-electron chi connectivity index (χ3n) is 4.11. The number of para-hydroxylation sites is 1. The molecule has 1 N–H and O–H groups in total. The van der Waals surface area contributed by atoms with E-state index in [4.69, 9.17) is 27.7 Å². The molecule has 1 aliphatic carbocycles. The molecule has 0 saturated carbocycles. The van der Waals surface area contributed by atoms with Crippen molar-refractivity contribution in [2.75, 3.05) is 5.32 Å². The molecule has 6 heteroatoms. The molecule has 0 fully saturated rings. The number of hydrogen-bond donors (Lipinski definition) is 1. The van der Waals surface area contributed by atoms with Gasteiger partial charge in [0.25, 0.3) is 5.91 Å². The Bertz CT molecular complexity index is 930. The van der Waals surface area contributed by atoms with E-state index in [2.05, 4.69) is 16.5 Å². The van der Waals surface area contributed by atoms with Gasteiger partial charge in [-0.1, -0.05) is 58.7 Å². The first-order chi connectivity index (χ1) is 11.6. The van der Waals surface area contributed by atoms with Crippen LogP contribution < -0.4 is 5.32 Å². The average molecular weight is 359 g/mol. The number of benzene rings is 2. The molecule has 24 heavy (non-hydrogen) atoms. The van der Waals surface area contributed by atoms with E-state index in [9.17, 15) is 4.79 Å². The van der Waals surface area contributed by atoms with E-state index in [1.165, 1.54) is 5.56 Å². The predicted octanol–water partition coefficient (Wildman–Crippen LogP) is 5.00. The lowest BCUT2D eigenvalue weighted by Gasteiger charge is -2.14. The van der Waals surface area contributed by atoms with Gasteiger partial charge >= 0.3 is 0 Å². The lowest BCUT2D eigenvalue weighted by molar-refractivity contribution is 0.101. The van der Waals surface area contributed by atoms with Crippen LogP contribution in [0, 0.1) is 0 Å². The first kappa shape index (κ1) is 15.2. The van der Waals surface area contributed by atoms with Gasteiger partial charge in [-0.25, -0.2) is 0 Å². The Hall–Kier alpha value is -2.30. The SMILES string of the molecule is O=C(Nc1c(Cl)cccc1Cl)c1noc2c1CCc1ccccc1-2. The van der Waals surface area contributed by atoms with Crippen LogP contribution in [0.2, 0.25) is 10.0 Å². The van der Waals surface area contributed by atoms with E-state index >= 15 is 0 Å². The molecule has 120 valence electrons. The van der Waals surface area contributed by atoms with Gasteiger partial charge in [-0.15, -0.1) is 0 Å². The summed E-state index contributed by atoms with van der Waals surface area (Å²) in [6.07, 6.45) is 1.55. The Morgan fingerprint density at radius 2 is 1.79 bits per heavy atom. The second kappa shape index (κ2) is 5.96. The fraction of sp³-hybridized carbons (Fsp3) is 0.111. The second-order valence-electron chi connectivity index (χ2n) is 5.55. The Morgan fingerprint density at radius 3 is 2.58 bits per heavy atom. The normalized spacial score (nSPS) is 12.4. The maximum Gasteiger partial charge on any atom is 0.278 e. The zero-order valence-electron chi connectivity index (χ0n) is 12.5. The van der Waals surface area contributed by atoms with Crippen molar-refractivity contribution < 1.29 is 9.32 Å². The van der Waals surface area contributed by atoms with Crippen molar-refractivity contribution in [3.05, 3.63) is 69.3 Å². The molecule has 1 aliphatic rings. The van der Waals surface area contributed by atoms with E-state index in [0.29, 0.717) is 27.9 Å². The Balaban J connectivity index is 1.70. The summed E-state index contributed by atoms with van der Waals surface area (Å²) in [5.74, 6) is 0.279. The first-order valence-corrected chi connectivity index (χ1v) is 8.23. The number of nitrogens with one attached hydrogen (secondary N) is 1. The van der Waals surface area contributed by atoms with E-state index in [1.807, 2.05) is 18.2 Å². The van der Waals surface area contributed by atoms with Crippen LogP contribution in [0.3, 0.4) is 0 Å². The number of carbonyl (C=O) groups is 1. The minimum Gasteiger partial charge on any atom is -0.355 e. The maximum absolute atomic E-state index is 12.6. The van der Waals surface area contributed by atoms with Gasteiger partial charge in [0.2, 0.25) is 0 Å². The molecule has 0 atom stereocenters. The zero-order valence-corrected chi connectivity index (χ0v) is 14.0. The van der Waals surface area contributed by atoms with Crippen molar-refractivity contribution in [1.82, 2.24) is 5.16 Å². The van der Waals surface area contributed by atoms with Crippen molar-refractivity contribution in [3.63, 3.8) is 0 Å². The van der Waals surface area contributed by atoms with Crippen LogP contribution in [0.5, 0.6) is 0 Å². The molecular weight excluding hydrogens is 347 g/mol. The van der Waals surface area contributed by atoms with Gasteiger partial charge in [0.05, 0.1) is 15.7 Å². The number of aromatic nitrogens is 1. The van der Waals surface area contributed by atoms with Gasteiger partial charge < -0.3 is 9.84 Å². The molecule has 1 aromatic heterocycles. The van der Waals surface area contributed by atoms with Crippen molar-refractivity contribution in [3.8, 4) is 11.3 Å². The summed E-state index contributed by atoms with van der Waals surface area (Å²) in [6, 6.07) is 13.0. The molecule has 0 unspecified atom stereocenters. The molecule has 4 nitrogen and oxygen atoms in total. The van der Waals surface area contributed by atoms with Crippen LogP contribution in [-0.4, -0.2) is 11.1 Å². The molecule has 1 heterocycles. The molecular formula is C18H12Cl2N2O2. The van der Waals surface area contributed by atoms with Crippen LogP contribution in [-0.2, 0) is 12.8 Å². The monoisotopic (exact) mass is 358 g/mol. The molecule has 1 amide bonds. The van der Waals surface area contributed by atoms with E-state index < -0.39 is 0 Å². The smallest absolute Gasteiger partial charge is 0.278 e. The highest BCUT2D eigenvalue weighted by molar-refractivity contribution is 6.40. The van der Waals surface area contributed by atoms with Crippen molar-refractivity contribution in [1.29, 1.82) is 0 Å². The second-order valence-corrected chi connectivity index (χ2v) is 6.36. The minimum atomic E-state index is -0.380. The molecule has 2 aromatic carbocycles. The van der Waals surface area contributed by atoms with E-state index in [-0.39, 0.29) is 11.6 Å². The summed E-state index contributed by atoms with van der Waals surface area (Å²) in [5.41, 5.74) is 3.65. The number of fused-ring (bicyclic) bond motifs is 3. The number of anilines is 1. The number of amides is 1. The fourth-order valence-electron chi connectivity index (χ4n) is 2.94. The average Bonchev–Trinajstić information content (AvgIpc) is 3.03. The number of rotatable bonds is 2. The van der Waals surface area contributed by atoms with Crippen molar-refractivity contribution in [2.45, 2.75) is 12.8 Å². The van der Waals surface area contributed by atoms with Gasteiger partial charge in [-0.05, 0) is 30.5 Å². The van der Waals surface area contributed by atoms with Crippen LogP contribution in [0.25, 0.3) is 11.3 Å². The quantitative estimate of drug-likeness (QED) is 0.701. The maximum atomic E-state index is 12.6. The summed E-state index contributed by atoms with van der Waals surface area (Å²) in [7, 11) is 0. The summed E-state index contributed by atoms with van der Waals surface area (Å²) in [6.45, 7) is 0. The number of hydrogen-bond acceptors (Lipinski definition) is 3. The largest absolute Gasteiger partial charge is 0.355 e. The fourth-order valence-corrected chi connectivity index (χ4v) is 3.43. The van der Waals surface area contributed by atoms with Gasteiger partial charge in [-0.3, -0.25) is 4.79 Å². The van der Waals surface area contributed by atoms with Crippen LogP contribution in [0.15, 0.2) is 47.0 Å². The Labute approximate surface area is 148 Å². The highest BCUT2D eigenvalue weighted by Crippen LogP contribution is 2.36. The third-order valence-corrected chi connectivity index (χ3v) is 4.74. The van der Waals surface area contributed by atoms with Gasteiger partial charge in [0.1, 0.15) is 0 Å². The lowest BCUT2D eigenvalue weighted by atomic mass is 9.89. The van der Waals surface area contributed by atoms with Crippen LogP contribution in [0.4, 0.5) is 5.69 Å². The molecule has 4 rings (SSSR count). The topological polar surface area (TPSA) is 55.1 Å². The molecule has 0 radical (unpaired) electrons. The Morgan fingerprint density at radius 1 is 1.04 bits per heavy atom. The molecule has 0 spiro atoms. The molecule has 0 bridgehead atoms.